The predicted octanol–water partition coefficient (Wildman–Crippen LogP) is 2.75. The van der Waals surface area contributed by atoms with E-state index in [0.29, 0.717) is 12.8 Å². The normalized spacial score (nSPS) is 51.4. The molecule has 0 aromatic carbocycles. The van der Waals surface area contributed by atoms with Crippen molar-refractivity contribution in [3.05, 3.63) is 11.6 Å². The van der Waals surface area contributed by atoms with Gasteiger partial charge in [0.2, 0.25) is 0 Å². The van der Waals surface area contributed by atoms with Crippen LogP contribution in [-0.4, -0.2) is 57.8 Å². The van der Waals surface area contributed by atoms with Crippen molar-refractivity contribution in [1.82, 2.24) is 0 Å². The summed E-state index contributed by atoms with van der Waals surface area (Å²) in [7, 11) is 0. The number of allylic oxidation sites excluding steroid dienone is 1. The van der Waals surface area contributed by atoms with E-state index < -0.39 is 46.8 Å². The minimum Gasteiger partial charge on any atom is -0.461 e. The second kappa shape index (κ2) is 8.12. The largest absolute Gasteiger partial charge is 0.461 e. The zero-order valence-electron chi connectivity index (χ0n) is 20.8. The van der Waals surface area contributed by atoms with Gasteiger partial charge in [-0.15, -0.1) is 0 Å². The van der Waals surface area contributed by atoms with Crippen LogP contribution in [0.5, 0.6) is 0 Å². The highest BCUT2D eigenvalue weighted by Crippen LogP contribution is 2.74. The molecule has 2 aliphatic heterocycles. The second-order valence-electron chi connectivity index (χ2n) is 12.0. The number of aliphatic hydroxyl groups is 3. The SMILES string of the molecule is CCCCCCC[C@H]1C(=O)O[C@@H]2C[C@H]3C(C)=CC(=O)[C@@H](O)[C@]3(C)[C@H]3[C@@]4(O)OC[C@]32[C@@H]1[C@@H](C)[C@H]4O. The van der Waals surface area contributed by atoms with Crippen LogP contribution < -0.4 is 0 Å². The first-order valence-electron chi connectivity index (χ1n) is 13.2. The quantitative estimate of drug-likeness (QED) is 0.399. The molecule has 1 spiro atoms. The van der Waals surface area contributed by atoms with Crippen LogP contribution in [0.4, 0.5) is 0 Å². The smallest absolute Gasteiger partial charge is 0.309 e. The average Bonchev–Trinajstić information content (AvgIpc) is 3.08. The lowest BCUT2D eigenvalue weighted by Crippen LogP contribution is -2.77. The summed E-state index contributed by atoms with van der Waals surface area (Å²) >= 11 is 0. The van der Waals surface area contributed by atoms with E-state index >= 15 is 0 Å². The predicted molar refractivity (Wildman–Crippen MR) is 123 cm³/mol. The number of carbonyl (C=O) groups is 2. The van der Waals surface area contributed by atoms with Crippen LogP contribution in [0.2, 0.25) is 0 Å². The molecule has 190 valence electrons. The molecule has 2 bridgehead atoms. The third-order valence-electron chi connectivity index (χ3n) is 10.4. The number of hydrogen-bond acceptors (Lipinski definition) is 7. The Morgan fingerprint density at radius 1 is 1.15 bits per heavy atom. The third kappa shape index (κ3) is 2.90. The molecule has 5 aliphatic rings. The van der Waals surface area contributed by atoms with Gasteiger partial charge in [-0.2, -0.15) is 0 Å². The van der Waals surface area contributed by atoms with Crippen LogP contribution in [-0.2, 0) is 19.1 Å². The molecule has 2 saturated heterocycles. The van der Waals surface area contributed by atoms with Crippen LogP contribution in [0.1, 0.15) is 72.6 Å². The summed E-state index contributed by atoms with van der Waals surface area (Å²) in [5.41, 5.74) is -0.971. The highest BCUT2D eigenvalue weighted by molar-refractivity contribution is 5.96. The van der Waals surface area contributed by atoms with Gasteiger partial charge >= 0.3 is 5.97 Å². The minimum absolute atomic E-state index is 0.149. The first kappa shape index (κ1) is 24.4. The second-order valence-corrected chi connectivity index (χ2v) is 12.0. The third-order valence-corrected chi connectivity index (χ3v) is 10.4. The lowest BCUT2D eigenvalue weighted by atomic mass is 9.37. The number of aliphatic hydroxyl groups excluding tert-OH is 2. The summed E-state index contributed by atoms with van der Waals surface area (Å²) in [5.74, 6) is -4.53. The summed E-state index contributed by atoms with van der Waals surface area (Å²) < 4.78 is 12.2. The van der Waals surface area contributed by atoms with E-state index in [-0.39, 0.29) is 36.1 Å². The summed E-state index contributed by atoms with van der Waals surface area (Å²) in [4.78, 5) is 26.2. The first-order valence-corrected chi connectivity index (χ1v) is 13.2. The van der Waals surface area contributed by atoms with E-state index in [1.165, 1.54) is 12.5 Å². The van der Waals surface area contributed by atoms with Gasteiger partial charge in [-0.05, 0) is 43.6 Å². The fourth-order valence-corrected chi connectivity index (χ4v) is 9.08. The zero-order chi connectivity index (χ0) is 24.6. The van der Waals surface area contributed by atoms with Gasteiger partial charge in [0, 0.05) is 16.7 Å². The van der Waals surface area contributed by atoms with Crippen molar-refractivity contribution < 1.29 is 34.4 Å². The summed E-state index contributed by atoms with van der Waals surface area (Å²) in [6.07, 6.45) is 4.98. The van der Waals surface area contributed by atoms with Gasteiger partial charge < -0.3 is 24.8 Å². The molecule has 0 unspecified atom stereocenters. The van der Waals surface area contributed by atoms with Crippen molar-refractivity contribution in [2.75, 3.05) is 6.61 Å². The molecule has 3 aliphatic carbocycles. The molecule has 0 radical (unpaired) electrons. The van der Waals surface area contributed by atoms with E-state index in [4.69, 9.17) is 9.47 Å². The van der Waals surface area contributed by atoms with Gasteiger partial charge in [-0.1, -0.05) is 58.4 Å². The van der Waals surface area contributed by atoms with Crippen molar-refractivity contribution in [2.45, 2.75) is 96.7 Å². The average molecular weight is 477 g/mol. The molecule has 2 saturated carbocycles. The number of fused-ring (bicyclic) bond motifs is 1. The van der Waals surface area contributed by atoms with E-state index in [9.17, 15) is 24.9 Å². The molecule has 4 fully saturated rings. The van der Waals surface area contributed by atoms with Crippen molar-refractivity contribution in [2.24, 2.45) is 40.4 Å². The molecule has 7 nitrogen and oxygen atoms in total. The molecular formula is C27H40O7. The van der Waals surface area contributed by atoms with Gasteiger partial charge in [-0.25, -0.2) is 0 Å². The molecule has 3 N–H and O–H groups in total. The Morgan fingerprint density at radius 3 is 2.56 bits per heavy atom. The van der Waals surface area contributed by atoms with Crippen molar-refractivity contribution >= 4 is 11.8 Å². The molecule has 34 heavy (non-hydrogen) atoms. The molecule has 0 aromatic heterocycles. The molecule has 0 amide bonds. The number of rotatable bonds is 6. The molecule has 11 atom stereocenters. The Balaban J connectivity index is 1.60. The van der Waals surface area contributed by atoms with Crippen LogP contribution in [0.3, 0.4) is 0 Å². The highest BCUT2D eigenvalue weighted by atomic mass is 16.6. The number of ether oxygens (including phenoxy) is 2. The van der Waals surface area contributed by atoms with Crippen LogP contribution >= 0.6 is 0 Å². The minimum atomic E-state index is -1.91. The van der Waals surface area contributed by atoms with E-state index in [1.54, 1.807) is 0 Å². The first-order chi connectivity index (χ1) is 16.0. The molecular weight excluding hydrogens is 436 g/mol. The lowest BCUT2D eigenvalue weighted by molar-refractivity contribution is -0.337. The van der Waals surface area contributed by atoms with Gasteiger partial charge in [0.25, 0.3) is 0 Å². The molecule has 7 heteroatoms. The Labute approximate surface area is 201 Å². The standard InChI is InChI=1S/C27H40O7/c1-5-6-7-8-9-10-16-20-15(3)21(29)27(32)24-25(4)17(14(2)11-18(28)22(25)30)12-19(34-23(16)31)26(20,24)13-33-27/h11,15-17,19-22,24,29-30,32H,5-10,12-13H2,1-4H3/t15-,16-,17+,19-,20-,21-,22-,24-,25-,26+,27+/m1/s1. The number of carbonyl (C=O) groups excluding carboxylic acids is 2. The lowest BCUT2D eigenvalue weighted by Gasteiger charge is -2.68. The maximum Gasteiger partial charge on any atom is 0.309 e. The van der Waals surface area contributed by atoms with Crippen molar-refractivity contribution in [1.29, 1.82) is 0 Å². The fraction of sp³-hybridized carbons (Fsp3) is 0.852. The van der Waals surface area contributed by atoms with Crippen LogP contribution in [0, 0.1) is 40.4 Å². The van der Waals surface area contributed by atoms with Crippen molar-refractivity contribution in [3.8, 4) is 0 Å². The van der Waals surface area contributed by atoms with Gasteiger partial charge in [0.1, 0.15) is 18.3 Å². The summed E-state index contributed by atoms with van der Waals surface area (Å²) in [6, 6.07) is 0. The van der Waals surface area contributed by atoms with Crippen LogP contribution in [0.15, 0.2) is 11.6 Å². The summed E-state index contributed by atoms with van der Waals surface area (Å²) in [6.45, 7) is 7.93. The number of unbranched alkanes of at least 4 members (excludes halogenated alkanes) is 4. The van der Waals surface area contributed by atoms with E-state index in [2.05, 4.69) is 6.92 Å². The molecule has 5 rings (SSSR count). The Morgan fingerprint density at radius 2 is 1.85 bits per heavy atom. The number of esters is 1. The Hall–Kier alpha value is -1.28. The van der Waals surface area contributed by atoms with Gasteiger partial charge in [0.05, 0.1) is 12.5 Å². The molecule has 2 heterocycles. The Kier molecular flexibility index (Phi) is 5.83. The van der Waals surface area contributed by atoms with Crippen LogP contribution in [0.25, 0.3) is 0 Å². The maximum absolute atomic E-state index is 13.4. The summed E-state index contributed by atoms with van der Waals surface area (Å²) in [5, 5.41) is 34.6. The van der Waals surface area contributed by atoms with Crippen molar-refractivity contribution in [3.63, 3.8) is 0 Å². The highest BCUT2D eigenvalue weighted by Gasteiger charge is 2.82. The topological polar surface area (TPSA) is 113 Å². The Bertz CT molecular complexity index is 899. The zero-order valence-corrected chi connectivity index (χ0v) is 20.8. The molecule has 0 aromatic rings. The van der Waals surface area contributed by atoms with Gasteiger partial charge in [-0.3, -0.25) is 9.59 Å². The van der Waals surface area contributed by atoms with E-state index in [0.717, 1.165) is 31.3 Å². The van der Waals surface area contributed by atoms with Gasteiger partial charge in [0.15, 0.2) is 11.6 Å². The monoisotopic (exact) mass is 476 g/mol. The van der Waals surface area contributed by atoms with E-state index in [1.807, 2.05) is 20.8 Å². The fourth-order valence-electron chi connectivity index (χ4n) is 9.08. The number of ketones is 1. The maximum atomic E-state index is 13.4. The number of hydrogen-bond donors (Lipinski definition) is 3.